The van der Waals surface area contributed by atoms with E-state index in [1.165, 1.54) is 0 Å². The molecule has 2 fully saturated rings. The Balaban J connectivity index is 2.30. The Hall–Kier alpha value is -0.0900. The molecule has 3 nitrogen and oxygen atoms in total. The van der Waals surface area contributed by atoms with Gasteiger partial charge in [0.05, 0.1) is 11.5 Å². The maximum absolute atomic E-state index is 11.4. The largest absolute Gasteiger partial charge is 0.461 e. The van der Waals surface area contributed by atoms with Gasteiger partial charge in [0.15, 0.2) is 0 Å². The van der Waals surface area contributed by atoms with E-state index in [9.17, 15) is 9.90 Å². The van der Waals surface area contributed by atoms with E-state index in [-0.39, 0.29) is 22.8 Å². The van der Waals surface area contributed by atoms with E-state index in [2.05, 4.69) is 15.9 Å². The van der Waals surface area contributed by atoms with Crippen LogP contribution in [0, 0.1) is 11.3 Å². The SMILES string of the molecule is CC1(C)C(=O)O[C@@H]2C[C@H](Br)[C@@H](O)[C@@H]21. The van der Waals surface area contributed by atoms with Crippen LogP contribution >= 0.6 is 15.9 Å². The molecule has 1 aliphatic heterocycles. The van der Waals surface area contributed by atoms with Gasteiger partial charge in [-0.25, -0.2) is 0 Å². The predicted octanol–water partition coefficient (Wildman–Crippen LogP) is 1.08. The number of hydrogen-bond acceptors (Lipinski definition) is 3. The third-order valence-electron chi connectivity index (χ3n) is 3.21. The fraction of sp³-hybridized carbons (Fsp3) is 0.889. The van der Waals surface area contributed by atoms with Crippen molar-refractivity contribution in [3.63, 3.8) is 0 Å². The first-order chi connectivity index (χ1) is 5.94. The van der Waals surface area contributed by atoms with Gasteiger partial charge < -0.3 is 9.84 Å². The first-order valence-electron chi connectivity index (χ1n) is 4.48. The molecular weight excluding hydrogens is 236 g/mol. The molecule has 0 amide bonds. The van der Waals surface area contributed by atoms with Crippen LogP contribution in [0.15, 0.2) is 0 Å². The number of alkyl halides is 1. The van der Waals surface area contributed by atoms with Crippen molar-refractivity contribution >= 4 is 21.9 Å². The lowest BCUT2D eigenvalue weighted by Crippen LogP contribution is -2.35. The third-order valence-corrected chi connectivity index (χ3v) is 4.13. The Morgan fingerprint density at radius 1 is 1.62 bits per heavy atom. The zero-order valence-corrected chi connectivity index (χ0v) is 9.24. The van der Waals surface area contributed by atoms with Crippen molar-refractivity contribution in [1.29, 1.82) is 0 Å². The summed E-state index contributed by atoms with van der Waals surface area (Å²) in [5.41, 5.74) is -0.535. The molecule has 2 aliphatic rings. The second-order valence-corrected chi connectivity index (χ2v) is 5.61. The van der Waals surface area contributed by atoms with E-state index in [1.807, 2.05) is 13.8 Å². The molecule has 0 spiro atoms. The van der Waals surface area contributed by atoms with Gasteiger partial charge in [-0.1, -0.05) is 15.9 Å². The van der Waals surface area contributed by atoms with Crippen LogP contribution in [-0.2, 0) is 9.53 Å². The minimum atomic E-state index is -0.535. The number of carbonyl (C=O) groups is 1. The highest BCUT2D eigenvalue weighted by atomic mass is 79.9. The van der Waals surface area contributed by atoms with E-state index >= 15 is 0 Å². The molecule has 0 aromatic rings. The standard InChI is InChI=1S/C9H13BrO3/c1-9(2)6-5(13-8(9)12)3-4(10)7(6)11/h4-7,11H,3H2,1-2H3/t4-,5+,6+,7+/m0/s1. The first kappa shape index (κ1) is 9.46. The fourth-order valence-electron chi connectivity index (χ4n) is 2.39. The molecule has 0 aromatic carbocycles. The average Bonchev–Trinajstić information content (AvgIpc) is 2.37. The minimum Gasteiger partial charge on any atom is -0.461 e. The summed E-state index contributed by atoms with van der Waals surface area (Å²) >= 11 is 3.39. The van der Waals surface area contributed by atoms with Crippen molar-refractivity contribution < 1.29 is 14.6 Å². The lowest BCUT2D eigenvalue weighted by atomic mass is 9.78. The zero-order valence-electron chi connectivity index (χ0n) is 7.66. The molecule has 1 heterocycles. The van der Waals surface area contributed by atoms with Crippen molar-refractivity contribution in [1.82, 2.24) is 0 Å². The Morgan fingerprint density at radius 3 is 2.77 bits per heavy atom. The monoisotopic (exact) mass is 248 g/mol. The number of fused-ring (bicyclic) bond motifs is 1. The highest BCUT2D eigenvalue weighted by molar-refractivity contribution is 9.09. The van der Waals surface area contributed by atoms with Gasteiger partial charge in [-0.15, -0.1) is 0 Å². The summed E-state index contributed by atoms with van der Waals surface area (Å²) in [6.07, 6.45) is 0.161. The van der Waals surface area contributed by atoms with Crippen molar-refractivity contribution in [3.8, 4) is 0 Å². The van der Waals surface area contributed by atoms with Crippen LogP contribution in [0.25, 0.3) is 0 Å². The van der Waals surface area contributed by atoms with Gasteiger partial charge in [-0.2, -0.15) is 0 Å². The summed E-state index contributed by atoms with van der Waals surface area (Å²) in [5, 5.41) is 9.84. The van der Waals surface area contributed by atoms with Gasteiger partial charge >= 0.3 is 5.97 Å². The summed E-state index contributed by atoms with van der Waals surface area (Å²) in [5.74, 6) is -0.231. The summed E-state index contributed by atoms with van der Waals surface area (Å²) < 4.78 is 5.21. The van der Waals surface area contributed by atoms with E-state index in [0.717, 1.165) is 6.42 Å². The Bertz CT molecular complexity index is 251. The second-order valence-electron chi connectivity index (χ2n) is 4.43. The van der Waals surface area contributed by atoms with Crippen LogP contribution in [0.4, 0.5) is 0 Å². The number of halogens is 1. The number of aliphatic hydroxyl groups is 1. The number of hydrogen-bond donors (Lipinski definition) is 1. The summed E-state index contributed by atoms with van der Waals surface area (Å²) in [7, 11) is 0. The van der Waals surface area contributed by atoms with Crippen LogP contribution in [0.3, 0.4) is 0 Å². The number of carbonyl (C=O) groups excluding carboxylic acids is 1. The highest BCUT2D eigenvalue weighted by Crippen LogP contribution is 2.49. The van der Waals surface area contributed by atoms with E-state index < -0.39 is 11.5 Å². The zero-order chi connectivity index (χ0) is 9.80. The van der Waals surface area contributed by atoms with E-state index in [4.69, 9.17) is 4.74 Å². The molecule has 0 aromatic heterocycles. The van der Waals surface area contributed by atoms with Crippen LogP contribution in [0.1, 0.15) is 20.3 Å². The minimum absolute atomic E-state index is 0.0515. The van der Waals surface area contributed by atoms with Gasteiger partial charge in [-0.05, 0) is 20.3 Å². The quantitative estimate of drug-likeness (QED) is 0.516. The molecule has 0 bridgehead atoms. The smallest absolute Gasteiger partial charge is 0.312 e. The van der Waals surface area contributed by atoms with Crippen LogP contribution in [-0.4, -0.2) is 28.1 Å². The van der Waals surface area contributed by atoms with Crippen molar-refractivity contribution in [2.45, 2.75) is 37.3 Å². The third kappa shape index (κ3) is 1.15. The lowest BCUT2D eigenvalue weighted by Gasteiger charge is -2.24. The molecule has 1 aliphatic carbocycles. The number of rotatable bonds is 0. The van der Waals surface area contributed by atoms with Gasteiger partial charge in [-0.3, -0.25) is 4.79 Å². The summed E-state index contributed by atoms with van der Waals surface area (Å²) in [6.45, 7) is 3.68. The fourth-order valence-corrected chi connectivity index (χ4v) is 3.09. The van der Waals surface area contributed by atoms with Crippen molar-refractivity contribution in [3.05, 3.63) is 0 Å². The van der Waals surface area contributed by atoms with Gasteiger partial charge in [0, 0.05) is 10.7 Å². The van der Waals surface area contributed by atoms with Gasteiger partial charge in [0.1, 0.15) is 6.10 Å². The molecule has 1 N–H and O–H groups in total. The first-order valence-corrected chi connectivity index (χ1v) is 5.39. The molecular formula is C9H13BrO3. The number of aliphatic hydroxyl groups excluding tert-OH is 1. The molecule has 13 heavy (non-hydrogen) atoms. The molecule has 2 rings (SSSR count). The van der Waals surface area contributed by atoms with Crippen molar-refractivity contribution in [2.24, 2.45) is 11.3 Å². The van der Waals surface area contributed by atoms with Crippen LogP contribution in [0.5, 0.6) is 0 Å². The average molecular weight is 249 g/mol. The Labute approximate surface area is 85.6 Å². The lowest BCUT2D eigenvalue weighted by molar-refractivity contribution is -0.148. The summed E-state index contributed by atoms with van der Waals surface area (Å²) in [4.78, 5) is 11.5. The highest BCUT2D eigenvalue weighted by Gasteiger charge is 2.59. The van der Waals surface area contributed by atoms with Gasteiger partial charge in [0.2, 0.25) is 0 Å². The van der Waals surface area contributed by atoms with Crippen LogP contribution in [0.2, 0.25) is 0 Å². The maximum atomic E-state index is 11.4. The number of ether oxygens (including phenoxy) is 1. The Kier molecular flexibility index (Phi) is 1.97. The molecule has 0 radical (unpaired) electrons. The van der Waals surface area contributed by atoms with Gasteiger partial charge in [0.25, 0.3) is 0 Å². The van der Waals surface area contributed by atoms with E-state index in [0.29, 0.717) is 0 Å². The molecule has 1 saturated heterocycles. The van der Waals surface area contributed by atoms with E-state index in [1.54, 1.807) is 0 Å². The molecule has 1 saturated carbocycles. The molecule has 0 unspecified atom stereocenters. The molecule has 74 valence electrons. The predicted molar refractivity (Wildman–Crippen MR) is 50.5 cm³/mol. The number of esters is 1. The normalized spacial score (nSPS) is 47.5. The topological polar surface area (TPSA) is 46.5 Å². The molecule has 4 heteroatoms. The maximum Gasteiger partial charge on any atom is 0.312 e. The van der Waals surface area contributed by atoms with Crippen LogP contribution < -0.4 is 0 Å². The Morgan fingerprint density at radius 2 is 2.23 bits per heavy atom. The molecule has 4 atom stereocenters. The van der Waals surface area contributed by atoms with Crippen molar-refractivity contribution in [2.75, 3.05) is 0 Å². The second kappa shape index (κ2) is 2.70. The summed E-state index contributed by atoms with van der Waals surface area (Å²) in [6, 6.07) is 0.